The molecule has 0 spiro atoms. The lowest BCUT2D eigenvalue weighted by Crippen LogP contribution is -2.46. The highest BCUT2D eigenvalue weighted by Crippen LogP contribution is 2.23. The van der Waals surface area contributed by atoms with Gasteiger partial charge in [-0.2, -0.15) is 0 Å². The van der Waals surface area contributed by atoms with Crippen LogP contribution in [-0.4, -0.2) is 28.6 Å². The summed E-state index contributed by atoms with van der Waals surface area (Å²) in [6.07, 6.45) is 1.12. The van der Waals surface area contributed by atoms with Gasteiger partial charge >= 0.3 is 0 Å². The molecule has 2 rings (SSSR count). The minimum atomic E-state index is -2.34. The molecule has 1 fully saturated rings. The third-order valence-electron chi connectivity index (χ3n) is 2.02. The minimum Gasteiger partial charge on any atom is -0.467 e. The molecule has 5 heteroatoms. The molecule has 72 valence electrons. The lowest BCUT2D eigenvalue weighted by atomic mass is 10.2. The number of hydrogen-bond donors (Lipinski definition) is 1. The highest BCUT2D eigenvalue weighted by molar-refractivity contribution is 5.45. The van der Waals surface area contributed by atoms with Crippen molar-refractivity contribution in [1.82, 2.24) is 9.78 Å². The molecular weight excluding hydrogens is 170 g/mol. The highest BCUT2D eigenvalue weighted by atomic mass is 16.6. The molecule has 2 atom stereocenters. The van der Waals surface area contributed by atoms with Crippen LogP contribution in [0.25, 0.3) is 0 Å². The second-order valence-corrected chi connectivity index (χ2v) is 3.03. The molecule has 13 heavy (non-hydrogen) atoms. The zero-order valence-electron chi connectivity index (χ0n) is 10.2. The van der Waals surface area contributed by atoms with Crippen LogP contribution in [0.4, 0.5) is 5.69 Å². The standard InChI is InChI=1S/C8H13N3O2/c1-5-7(4-12-5)13-8-6(9)3-11(2)10-8/h3,5,7H,4,9H2,1-2H3/t5-,7-/m1/s1/i2D3. The van der Waals surface area contributed by atoms with Crippen molar-refractivity contribution in [2.24, 2.45) is 6.98 Å². The van der Waals surface area contributed by atoms with Crippen LogP contribution in [0.3, 0.4) is 0 Å². The Bertz CT molecular complexity index is 390. The highest BCUT2D eigenvalue weighted by Gasteiger charge is 2.31. The van der Waals surface area contributed by atoms with E-state index in [1.165, 1.54) is 6.20 Å². The first-order chi connectivity index (χ1) is 7.38. The first kappa shape index (κ1) is 5.49. The van der Waals surface area contributed by atoms with Crippen LogP contribution in [0.5, 0.6) is 5.88 Å². The summed E-state index contributed by atoms with van der Waals surface area (Å²) in [6, 6.07) is 0. The van der Waals surface area contributed by atoms with Gasteiger partial charge in [-0.15, -0.1) is 5.10 Å². The van der Waals surface area contributed by atoms with Gasteiger partial charge in [0.15, 0.2) is 0 Å². The zero-order chi connectivity index (χ0) is 11.9. The fourth-order valence-corrected chi connectivity index (χ4v) is 1.10. The molecule has 5 nitrogen and oxygen atoms in total. The molecule has 0 amide bonds. The van der Waals surface area contributed by atoms with E-state index in [2.05, 4.69) is 5.10 Å². The van der Waals surface area contributed by atoms with Crippen molar-refractivity contribution in [2.75, 3.05) is 12.3 Å². The first-order valence-electron chi connectivity index (χ1n) is 5.52. The van der Waals surface area contributed by atoms with Gasteiger partial charge in [0.25, 0.3) is 5.88 Å². The predicted molar refractivity (Wildman–Crippen MR) is 47.5 cm³/mol. The van der Waals surface area contributed by atoms with Crippen molar-refractivity contribution in [3.8, 4) is 5.88 Å². The van der Waals surface area contributed by atoms with Crippen LogP contribution < -0.4 is 10.5 Å². The summed E-state index contributed by atoms with van der Waals surface area (Å²) in [7, 11) is 0. The molecule has 1 aliphatic heterocycles. The average Bonchev–Trinajstić information content (AvgIpc) is 2.54. The third kappa shape index (κ3) is 1.47. The molecule has 0 unspecified atom stereocenters. The Morgan fingerprint density at radius 3 is 3.23 bits per heavy atom. The zero-order valence-corrected chi connectivity index (χ0v) is 7.23. The van der Waals surface area contributed by atoms with Crippen LogP contribution in [0.2, 0.25) is 0 Å². The third-order valence-corrected chi connectivity index (χ3v) is 2.02. The van der Waals surface area contributed by atoms with Gasteiger partial charge in [0.2, 0.25) is 0 Å². The predicted octanol–water partition coefficient (Wildman–Crippen LogP) is 0.168. The fraction of sp³-hybridized carbons (Fsp3) is 0.625. The van der Waals surface area contributed by atoms with Crippen molar-refractivity contribution in [3.63, 3.8) is 0 Å². The summed E-state index contributed by atoms with van der Waals surface area (Å²) >= 11 is 0. The number of aryl methyl sites for hydroxylation is 1. The Morgan fingerprint density at radius 1 is 1.92 bits per heavy atom. The maximum Gasteiger partial charge on any atom is 0.256 e. The summed E-state index contributed by atoms with van der Waals surface area (Å²) in [6.45, 7) is 0.00377. The van der Waals surface area contributed by atoms with Gasteiger partial charge in [0.1, 0.15) is 11.8 Å². The number of ether oxygens (including phenoxy) is 2. The van der Waals surface area contributed by atoms with Crippen molar-refractivity contribution < 1.29 is 13.6 Å². The van der Waals surface area contributed by atoms with E-state index >= 15 is 0 Å². The molecule has 2 N–H and O–H groups in total. The number of nitrogens with two attached hydrogens (primary N) is 1. The van der Waals surface area contributed by atoms with Crippen LogP contribution in [0.1, 0.15) is 11.0 Å². The lowest BCUT2D eigenvalue weighted by molar-refractivity contribution is -0.140. The van der Waals surface area contributed by atoms with E-state index in [4.69, 9.17) is 19.3 Å². The number of rotatable bonds is 2. The maximum atomic E-state index is 7.16. The van der Waals surface area contributed by atoms with Gasteiger partial charge in [0, 0.05) is 11.1 Å². The van der Waals surface area contributed by atoms with Gasteiger partial charge in [-0.3, -0.25) is 4.68 Å². The fourth-order valence-electron chi connectivity index (χ4n) is 1.10. The quantitative estimate of drug-likeness (QED) is 0.715. The van der Waals surface area contributed by atoms with Crippen molar-refractivity contribution in [3.05, 3.63) is 6.20 Å². The molecule has 0 aliphatic carbocycles. The van der Waals surface area contributed by atoms with E-state index in [-0.39, 0.29) is 23.8 Å². The lowest BCUT2D eigenvalue weighted by Gasteiger charge is -2.33. The van der Waals surface area contributed by atoms with Crippen molar-refractivity contribution in [2.45, 2.75) is 19.1 Å². The molecule has 2 heterocycles. The summed E-state index contributed by atoms with van der Waals surface area (Å²) < 4.78 is 32.9. The molecule has 0 aromatic carbocycles. The summed E-state index contributed by atoms with van der Waals surface area (Å²) in [5, 5.41) is 3.79. The Morgan fingerprint density at radius 2 is 2.77 bits per heavy atom. The second-order valence-electron chi connectivity index (χ2n) is 3.03. The number of nitrogens with zero attached hydrogens (tertiary/aromatic N) is 2. The Labute approximate surface area is 80.6 Å². The van der Waals surface area contributed by atoms with E-state index in [1.54, 1.807) is 0 Å². The summed E-state index contributed by atoms with van der Waals surface area (Å²) in [5.41, 5.74) is 5.83. The number of nitrogen functional groups attached to an aromatic ring is 1. The molecule has 1 aromatic rings. The maximum absolute atomic E-state index is 7.16. The van der Waals surface area contributed by atoms with E-state index in [9.17, 15) is 0 Å². The molecule has 1 aliphatic rings. The second kappa shape index (κ2) is 2.92. The van der Waals surface area contributed by atoms with Crippen molar-refractivity contribution >= 4 is 5.69 Å². The summed E-state index contributed by atoms with van der Waals surface area (Å²) in [4.78, 5) is 0. The van der Waals surface area contributed by atoms with Gasteiger partial charge in [-0.1, -0.05) is 0 Å². The minimum absolute atomic E-state index is 0.0164. The smallest absolute Gasteiger partial charge is 0.256 e. The van der Waals surface area contributed by atoms with Crippen LogP contribution >= 0.6 is 0 Å². The molecule has 0 radical (unpaired) electrons. The van der Waals surface area contributed by atoms with Gasteiger partial charge in [-0.25, -0.2) is 0 Å². The Kier molecular flexibility index (Phi) is 1.23. The first-order valence-corrected chi connectivity index (χ1v) is 4.02. The van der Waals surface area contributed by atoms with Gasteiger partial charge in [-0.05, 0) is 6.92 Å². The molecule has 1 saturated heterocycles. The van der Waals surface area contributed by atoms with Gasteiger partial charge in [0.05, 0.1) is 18.9 Å². The number of aromatic nitrogens is 2. The molecule has 0 bridgehead atoms. The Hall–Kier alpha value is -1.23. The SMILES string of the molecule is [2H]C([2H])([2H])n1cc(N)c(O[C@@H]2CO[C@@H]2C)n1. The normalized spacial score (nSPS) is 31.3. The largest absolute Gasteiger partial charge is 0.467 e. The van der Waals surface area contributed by atoms with E-state index in [0.29, 0.717) is 6.61 Å². The van der Waals surface area contributed by atoms with Gasteiger partial charge < -0.3 is 15.2 Å². The monoisotopic (exact) mass is 186 g/mol. The van der Waals surface area contributed by atoms with Crippen LogP contribution in [0.15, 0.2) is 6.20 Å². The van der Waals surface area contributed by atoms with Crippen LogP contribution in [-0.2, 0) is 11.7 Å². The summed E-state index contributed by atoms with van der Waals surface area (Å²) in [5.74, 6) is 0.149. The van der Waals surface area contributed by atoms with Crippen LogP contribution in [0, 0.1) is 0 Å². The topological polar surface area (TPSA) is 62.3 Å². The van der Waals surface area contributed by atoms with E-state index < -0.39 is 6.98 Å². The average molecular weight is 186 g/mol. The number of hydrogen-bond acceptors (Lipinski definition) is 4. The number of anilines is 1. The molecule has 0 saturated carbocycles. The van der Waals surface area contributed by atoms with E-state index in [0.717, 1.165) is 4.68 Å². The van der Waals surface area contributed by atoms with E-state index in [1.807, 2.05) is 6.92 Å². The van der Waals surface area contributed by atoms with Crippen molar-refractivity contribution in [1.29, 1.82) is 0 Å². The Balaban J connectivity index is 2.12. The molecule has 1 aromatic heterocycles. The molecular formula is C8H13N3O2.